The fraction of sp³-hybridized carbons (Fsp3) is 0.333. The lowest BCUT2D eigenvalue weighted by atomic mass is 9.98. The summed E-state index contributed by atoms with van der Waals surface area (Å²) in [5.41, 5.74) is 4.54. The van der Waals surface area contributed by atoms with E-state index in [1.54, 1.807) is 0 Å². The minimum Gasteiger partial charge on any atom is -0.457 e. The molecule has 2 aromatic carbocycles. The molecule has 2 nitrogen and oxygen atoms in total. The van der Waals surface area contributed by atoms with E-state index in [1.807, 2.05) is 31.2 Å². The largest absolute Gasteiger partial charge is 0.457 e. The summed E-state index contributed by atoms with van der Waals surface area (Å²) < 4.78 is 5.94. The van der Waals surface area contributed by atoms with Gasteiger partial charge in [-0.15, -0.1) is 0 Å². The fourth-order valence-electron chi connectivity index (χ4n) is 2.41. The first kappa shape index (κ1) is 14.6. The quantitative estimate of drug-likeness (QED) is 0.871. The first-order chi connectivity index (χ1) is 9.51. The van der Waals surface area contributed by atoms with Gasteiger partial charge < -0.3 is 9.84 Å². The molecule has 20 heavy (non-hydrogen) atoms. The highest BCUT2D eigenvalue weighted by Crippen LogP contribution is 2.29. The maximum Gasteiger partial charge on any atom is 0.130 e. The molecule has 0 saturated heterocycles. The molecule has 0 aliphatic rings. The molecule has 106 valence electrons. The van der Waals surface area contributed by atoms with Crippen molar-refractivity contribution < 1.29 is 9.84 Å². The van der Waals surface area contributed by atoms with Crippen LogP contribution < -0.4 is 4.74 Å². The van der Waals surface area contributed by atoms with Gasteiger partial charge in [-0.1, -0.05) is 32.0 Å². The summed E-state index contributed by atoms with van der Waals surface area (Å²) in [7, 11) is 0. The third-order valence-corrected chi connectivity index (χ3v) is 3.51. The number of ether oxygens (including phenoxy) is 1. The molecule has 1 N–H and O–H groups in total. The molecule has 0 aliphatic heterocycles. The van der Waals surface area contributed by atoms with Crippen molar-refractivity contribution in [1.29, 1.82) is 0 Å². The maximum absolute atomic E-state index is 9.12. The molecule has 0 fully saturated rings. The molecule has 0 radical (unpaired) electrons. The van der Waals surface area contributed by atoms with E-state index in [4.69, 9.17) is 9.84 Å². The lowest BCUT2D eigenvalue weighted by molar-refractivity contribution is 0.281. The second kappa shape index (κ2) is 6.10. The Morgan fingerprint density at radius 2 is 1.75 bits per heavy atom. The van der Waals surface area contributed by atoms with E-state index in [9.17, 15) is 0 Å². The van der Waals surface area contributed by atoms with Crippen molar-refractivity contribution in [2.75, 3.05) is 0 Å². The maximum atomic E-state index is 9.12. The molecule has 0 unspecified atom stereocenters. The summed E-state index contributed by atoms with van der Waals surface area (Å²) in [6.45, 7) is 8.55. The summed E-state index contributed by atoms with van der Waals surface area (Å²) in [6, 6.07) is 12.0. The Labute approximate surface area is 121 Å². The lowest BCUT2D eigenvalue weighted by Gasteiger charge is -2.13. The number of rotatable bonds is 4. The minimum absolute atomic E-state index is 0.0588. The molecule has 0 saturated carbocycles. The zero-order chi connectivity index (χ0) is 14.7. The van der Waals surface area contributed by atoms with Gasteiger partial charge in [-0.05, 0) is 60.2 Å². The molecule has 0 spiro atoms. The van der Waals surface area contributed by atoms with Crippen LogP contribution in [0.15, 0.2) is 36.4 Å². The molecule has 0 atom stereocenters. The Bertz CT molecular complexity index is 600. The normalized spacial score (nSPS) is 10.9. The van der Waals surface area contributed by atoms with Crippen molar-refractivity contribution in [2.24, 2.45) is 0 Å². The molecule has 0 heterocycles. The summed E-state index contributed by atoms with van der Waals surface area (Å²) >= 11 is 0. The van der Waals surface area contributed by atoms with Crippen LogP contribution in [-0.2, 0) is 6.61 Å². The predicted octanol–water partition coefficient (Wildman–Crippen LogP) is 4.71. The molecular weight excluding hydrogens is 248 g/mol. The third-order valence-electron chi connectivity index (χ3n) is 3.51. The van der Waals surface area contributed by atoms with Crippen LogP contribution in [-0.4, -0.2) is 5.11 Å². The highest BCUT2D eigenvalue weighted by atomic mass is 16.5. The van der Waals surface area contributed by atoms with Gasteiger partial charge in [-0.3, -0.25) is 0 Å². The van der Waals surface area contributed by atoms with Gasteiger partial charge >= 0.3 is 0 Å². The van der Waals surface area contributed by atoms with E-state index in [-0.39, 0.29) is 6.61 Å². The van der Waals surface area contributed by atoms with Crippen LogP contribution in [0.3, 0.4) is 0 Å². The van der Waals surface area contributed by atoms with E-state index in [0.717, 1.165) is 22.6 Å². The van der Waals surface area contributed by atoms with E-state index in [0.29, 0.717) is 5.92 Å². The molecule has 2 heteroatoms. The number of aryl methyl sites for hydroxylation is 2. The lowest BCUT2D eigenvalue weighted by Crippen LogP contribution is -1.94. The monoisotopic (exact) mass is 270 g/mol. The number of benzene rings is 2. The van der Waals surface area contributed by atoms with Gasteiger partial charge in [0.2, 0.25) is 0 Å². The van der Waals surface area contributed by atoms with Crippen molar-refractivity contribution in [2.45, 2.75) is 40.2 Å². The smallest absolute Gasteiger partial charge is 0.130 e. The fourth-order valence-corrected chi connectivity index (χ4v) is 2.41. The first-order valence-corrected chi connectivity index (χ1v) is 7.00. The number of aliphatic hydroxyl groups excluding tert-OH is 1. The predicted molar refractivity (Wildman–Crippen MR) is 82.4 cm³/mol. The van der Waals surface area contributed by atoms with Gasteiger partial charge in [0.05, 0.1) is 6.61 Å². The SMILES string of the molecule is Cc1cc(CO)ccc1Oc1ccc(C(C)C)c(C)c1. The van der Waals surface area contributed by atoms with Crippen LogP contribution >= 0.6 is 0 Å². The second-order valence-corrected chi connectivity index (χ2v) is 5.53. The number of hydrogen-bond donors (Lipinski definition) is 1. The van der Waals surface area contributed by atoms with Crippen LogP contribution in [0.1, 0.15) is 42.0 Å². The van der Waals surface area contributed by atoms with Crippen LogP contribution in [0.4, 0.5) is 0 Å². The Kier molecular flexibility index (Phi) is 4.46. The van der Waals surface area contributed by atoms with Gasteiger partial charge in [0.1, 0.15) is 11.5 Å². The highest BCUT2D eigenvalue weighted by molar-refractivity contribution is 5.42. The minimum atomic E-state index is 0.0588. The standard InChI is InChI=1S/C18H22O2/c1-12(2)17-7-6-16(10-13(17)3)20-18-8-5-15(11-19)9-14(18)4/h5-10,12,19H,11H2,1-4H3. The zero-order valence-electron chi connectivity index (χ0n) is 12.6. The molecule has 2 aromatic rings. The van der Waals surface area contributed by atoms with E-state index < -0.39 is 0 Å². The highest BCUT2D eigenvalue weighted by Gasteiger charge is 2.07. The van der Waals surface area contributed by atoms with Crippen molar-refractivity contribution >= 4 is 0 Å². The molecule has 0 aromatic heterocycles. The topological polar surface area (TPSA) is 29.5 Å². The molecule has 2 rings (SSSR count). The number of aliphatic hydroxyl groups is 1. The Hall–Kier alpha value is -1.80. The van der Waals surface area contributed by atoms with Gasteiger partial charge in [-0.25, -0.2) is 0 Å². The average molecular weight is 270 g/mol. The van der Waals surface area contributed by atoms with E-state index >= 15 is 0 Å². The molecular formula is C18H22O2. The van der Waals surface area contributed by atoms with Crippen molar-refractivity contribution in [3.8, 4) is 11.5 Å². The van der Waals surface area contributed by atoms with Gasteiger partial charge in [0, 0.05) is 0 Å². The van der Waals surface area contributed by atoms with Gasteiger partial charge in [-0.2, -0.15) is 0 Å². The Morgan fingerprint density at radius 3 is 2.30 bits per heavy atom. The van der Waals surface area contributed by atoms with Crippen molar-refractivity contribution in [3.05, 3.63) is 58.7 Å². The number of hydrogen-bond acceptors (Lipinski definition) is 2. The first-order valence-electron chi connectivity index (χ1n) is 7.00. The summed E-state index contributed by atoms with van der Waals surface area (Å²) in [5, 5.41) is 9.12. The van der Waals surface area contributed by atoms with E-state index in [2.05, 4.69) is 32.9 Å². The Morgan fingerprint density at radius 1 is 1.00 bits per heavy atom. The van der Waals surface area contributed by atoms with Crippen molar-refractivity contribution in [3.63, 3.8) is 0 Å². The van der Waals surface area contributed by atoms with Crippen LogP contribution in [0.2, 0.25) is 0 Å². The van der Waals surface area contributed by atoms with Crippen LogP contribution in [0.25, 0.3) is 0 Å². The second-order valence-electron chi connectivity index (χ2n) is 5.53. The van der Waals surface area contributed by atoms with Crippen molar-refractivity contribution in [1.82, 2.24) is 0 Å². The van der Waals surface area contributed by atoms with Crippen LogP contribution in [0, 0.1) is 13.8 Å². The van der Waals surface area contributed by atoms with Gasteiger partial charge in [0.15, 0.2) is 0 Å². The zero-order valence-corrected chi connectivity index (χ0v) is 12.6. The summed E-state index contributed by atoms with van der Waals surface area (Å²) in [5.74, 6) is 2.21. The Balaban J connectivity index is 2.24. The van der Waals surface area contributed by atoms with Gasteiger partial charge in [0.25, 0.3) is 0 Å². The average Bonchev–Trinajstić information content (AvgIpc) is 2.40. The summed E-state index contributed by atoms with van der Waals surface area (Å²) in [4.78, 5) is 0. The van der Waals surface area contributed by atoms with E-state index in [1.165, 1.54) is 11.1 Å². The molecule has 0 aliphatic carbocycles. The molecule has 0 bridgehead atoms. The summed E-state index contributed by atoms with van der Waals surface area (Å²) in [6.07, 6.45) is 0. The molecule has 0 amide bonds. The third kappa shape index (κ3) is 3.20. The van der Waals surface area contributed by atoms with Crippen LogP contribution in [0.5, 0.6) is 11.5 Å².